The van der Waals surface area contributed by atoms with Gasteiger partial charge in [-0.2, -0.15) is 0 Å². The number of thiazole rings is 1. The van der Waals surface area contributed by atoms with E-state index in [-0.39, 0.29) is 12.5 Å². The number of rotatable bonds is 7. The number of hydrogen-bond acceptors (Lipinski definition) is 8. The molecule has 3 heterocycles. The third-order valence-electron chi connectivity index (χ3n) is 4.91. The van der Waals surface area contributed by atoms with Crippen molar-refractivity contribution in [2.45, 2.75) is 25.5 Å². The topological polar surface area (TPSA) is 120 Å². The van der Waals surface area contributed by atoms with E-state index in [0.717, 1.165) is 10.4 Å². The van der Waals surface area contributed by atoms with E-state index < -0.39 is 17.7 Å². The lowest BCUT2D eigenvalue weighted by Crippen LogP contribution is -2.40. The first-order chi connectivity index (χ1) is 15.3. The fourth-order valence-corrected chi connectivity index (χ4v) is 4.70. The van der Waals surface area contributed by atoms with Gasteiger partial charge in [0.25, 0.3) is 5.91 Å². The molecular weight excluding hydrogens is 496 g/mol. The first-order valence-electron chi connectivity index (χ1n) is 9.86. The predicted octanol–water partition coefficient (Wildman–Crippen LogP) is 3.19. The largest absolute Gasteiger partial charge is 0.381 e. The van der Waals surface area contributed by atoms with E-state index in [1.165, 1.54) is 16.2 Å². The molecule has 0 saturated carbocycles. The van der Waals surface area contributed by atoms with Crippen molar-refractivity contribution < 1.29 is 14.7 Å². The molecule has 32 heavy (non-hydrogen) atoms. The molecule has 0 spiro atoms. The quantitative estimate of drug-likeness (QED) is 0.412. The molecule has 0 radical (unpaired) electrons. The number of halogens is 1. The zero-order chi connectivity index (χ0) is 22.9. The SMILES string of the molecule is CC1(C)NC(=O)N(CCNc2ncc(Br)c(-c3cnc(C(O)c4ccccc4)s3)n2)C1=O. The lowest BCUT2D eigenvalue weighted by Gasteiger charge is -2.16. The molecule has 1 aliphatic heterocycles. The monoisotopic (exact) mass is 516 g/mol. The number of aliphatic hydroxyl groups excluding tert-OH is 1. The van der Waals surface area contributed by atoms with Crippen LogP contribution < -0.4 is 10.6 Å². The van der Waals surface area contributed by atoms with Gasteiger partial charge in [0.1, 0.15) is 22.3 Å². The molecule has 4 rings (SSSR count). The van der Waals surface area contributed by atoms with Crippen LogP contribution in [-0.4, -0.2) is 55.5 Å². The Bertz CT molecular complexity index is 1150. The Balaban J connectivity index is 1.45. The number of nitrogens with zero attached hydrogens (tertiary/aromatic N) is 4. The van der Waals surface area contributed by atoms with Crippen LogP contribution in [0.5, 0.6) is 0 Å². The maximum absolute atomic E-state index is 12.3. The van der Waals surface area contributed by atoms with Gasteiger partial charge in [0.05, 0.1) is 9.35 Å². The molecule has 0 aliphatic carbocycles. The number of carbonyl (C=O) groups is 2. The van der Waals surface area contributed by atoms with Crippen LogP contribution in [0.25, 0.3) is 10.6 Å². The summed E-state index contributed by atoms with van der Waals surface area (Å²) in [6.07, 6.45) is 2.47. The average Bonchev–Trinajstić information content (AvgIpc) is 3.33. The number of aliphatic hydroxyl groups is 1. The second-order valence-electron chi connectivity index (χ2n) is 7.70. The third kappa shape index (κ3) is 4.50. The lowest BCUT2D eigenvalue weighted by molar-refractivity contribution is -0.130. The van der Waals surface area contributed by atoms with Gasteiger partial charge in [-0.05, 0) is 35.3 Å². The van der Waals surface area contributed by atoms with Crippen molar-refractivity contribution in [3.05, 3.63) is 57.8 Å². The second-order valence-corrected chi connectivity index (χ2v) is 9.62. The molecule has 1 fully saturated rings. The highest BCUT2D eigenvalue weighted by Gasteiger charge is 2.43. The van der Waals surface area contributed by atoms with Crippen LogP contribution in [0.4, 0.5) is 10.7 Å². The van der Waals surface area contributed by atoms with E-state index in [1.54, 1.807) is 26.2 Å². The summed E-state index contributed by atoms with van der Waals surface area (Å²) in [5.41, 5.74) is 0.496. The average molecular weight is 517 g/mol. The highest BCUT2D eigenvalue weighted by molar-refractivity contribution is 9.10. The van der Waals surface area contributed by atoms with Crippen molar-refractivity contribution >= 4 is 45.2 Å². The van der Waals surface area contributed by atoms with E-state index in [0.29, 0.717) is 27.7 Å². The summed E-state index contributed by atoms with van der Waals surface area (Å²) in [6, 6.07) is 8.91. The van der Waals surface area contributed by atoms with Gasteiger partial charge in [-0.1, -0.05) is 30.3 Å². The van der Waals surface area contributed by atoms with Gasteiger partial charge in [-0.25, -0.2) is 19.7 Å². The second kappa shape index (κ2) is 8.93. The number of anilines is 1. The molecule has 1 saturated heterocycles. The Morgan fingerprint density at radius 1 is 1.22 bits per heavy atom. The summed E-state index contributed by atoms with van der Waals surface area (Å²) >= 11 is 4.81. The standard InChI is InChI=1S/C21H21BrN6O3S/c1-21(2)18(30)28(20(31)27-21)9-8-23-19-25-10-13(22)15(26-19)14-11-24-17(32-14)16(29)12-6-4-3-5-7-12/h3-7,10-11,16,29H,8-9H2,1-2H3,(H,27,31)(H,23,25,26). The van der Waals surface area contributed by atoms with Crippen LogP contribution in [0.15, 0.2) is 47.2 Å². The highest BCUT2D eigenvalue weighted by Crippen LogP contribution is 2.34. The van der Waals surface area contributed by atoms with Crippen molar-refractivity contribution in [2.24, 2.45) is 0 Å². The molecule has 11 heteroatoms. The van der Waals surface area contributed by atoms with Gasteiger partial charge >= 0.3 is 6.03 Å². The summed E-state index contributed by atoms with van der Waals surface area (Å²) < 4.78 is 0.684. The number of aromatic nitrogens is 3. The maximum Gasteiger partial charge on any atom is 0.325 e. The minimum Gasteiger partial charge on any atom is -0.381 e. The summed E-state index contributed by atoms with van der Waals surface area (Å²) in [7, 11) is 0. The molecule has 1 atom stereocenters. The zero-order valence-corrected chi connectivity index (χ0v) is 19.8. The first kappa shape index (κ1) is 22.3. The lowest BCUT2D eigenvalue weighted by atomic mass is 10.1. The van der Waals surface area contributed by atoms with Crippen molar-refractivity contribution in [1.29, 1.82) is 0 Å². The smallest absolute Gasteiger partial charge is 0.325 e. The molecule has 9 nitrogen and oxygen atoms in total. The van der Waals surface area contributed by atoms with Gasteiger partial charge in [0, 0.05) is 25.5 Å². The third-order valence-corrected chi connectivity index (χ3v) is 6.55. The van der Waals surface area contributed by atoms with E-state index in [1.807, 2.05) is 30.3 Å². The minimum absolute atomic E-state index is 0.191. The number of imide groups is 1. The Kier molecular flexibility index (Phi) is 6.22. The Hall–Kier alpha value is -2.89. The molecule has 1 unspecified atom stereocenters. The van der Waals surface area contributed by atoms with Crippen LogP contribution in [0.2, 0.25) is 0 Å². The van der Waals surface area contributed by atoms with E-state index in [9.17, 15) is 14.7 Å². The van der Waals surface area contributed by atoms with Gasteiger partial charge in [-0.3, -0.25) is 9.69 Å². The molecule has 1 aliphatic rings. The number of carbonyl (C=O) groups excluding carboxylic acids is 2. The number of benzene rings is 1. The molecule has 3 amide bonds. The van der Waals surface area contributed by atoms with Gasteiger partial charge < -0.3 is 15.7 Å². The number of hydrogen-bond donors (Lipinski definition) is 3. The number of urea groups is 1. The minimum atomic E-state index is -0.896. The van der Waals surface area contributed by atoms with Crippen LogP contribution in [0.3, 0.4) is 0 Å². The molecule has 1 aromatic carbocycles. The Labute approximate surface area is 197 Å². The zero-order valence-electron chi connectivity index (χ0n) is 17.4. The van der Waals surface area contributed by atoms with E-state index >= 15 is 0 Å². The highest BCUT2D eigenvalue weighted by atomic mass is 79.9. The normalized spacial score (nSPS) is 16.2. The van der Waals surface area contributed by atoms with Crippen molar-refractivity contribution in [3.8, 4) is 10.6 Å². The molecular formula is C21H21BrN6O3S. The first-order valence-corrected chi connectivity index (χ1v) is 11.5. The van der Waals surface area contributed by atoms with E-state index in [4.69, 9.17) is 0 Å². The van der Waals surface area contributed by atoms with Crippen LogP contribution in [-0.2, 0) is 4.79 Å². The van der Waals surface area contributed by atoms with Gasteiger partial charge in [0.2, 0.25) is 5.95 Å². The molecule has 0 bridgehead atoms. The van der Waals surface area contributed by atoms with Gasteiger partial charge in [0.15, 0.2) is 0 Å². The summed E-state index contributed by atoms with van der Waals surface area (Å²) in [5.74, 6) is 0.0870. The van der Waals surface area contributed by atoms with Crippen molar-refractivity contribution in [1.82, 2.24) is 25.2 Å². The fourth-order valence-electron chi connectivity index (χ4n) is 3.23. The molecule has 3 N–H and O–H groups in total. The predicted molar refractivity (Wildman–Crippen MR) is 124 cm³/mol. The molecule has 166 valence electrons. The Morgan fingerprint density at radius 2 is 1.97 bits per heavy atom. The number of amides is 3. The van der Waals surface area contributed by atoms with E-state index in [2.05, 4.69) is 41.5 Å². The van der Waals surface area contributed by atoms with Crippen molar-refractivity contribution in [2.75, 3.05) is 18.4 Å². The van der Waals surface area contributed by atoms with Crippen LogP contribution in [0.1, 0.15) is 30.5 Å². The summed E-state index contributed by atoms with van der Waals surface area (Å²) in [4.78, 5) is 39.3. The van der Waals surface area contributed by atoms with Crippen LogP contribution in [0, 0.1) is 0 Å². The fraction of sp³-hybridized carbons (Fsp3) is 0.286. The summed E-state index contributed by atoms with van der Waals surface area (Å²) in [6.45, 7) is 3.83. The molecule has 2 aromatic heterocycles. The Morgan fingerprint density at radius 3 is 2.66 bits per heavy atom. The van der Waals surface area contributed by atoms with Crippen molar-refractivity contribution in [3.63, 3.8) is 0 Å². The van der Waals surface area contributed by atoms with Crippen LogP contribution >= 0.6 is 27.3 Å². The summed E-state index contributed by atoms with van der Waals surface area (Å²) in [5, 5.41) is 16.9. The number of nitrogens with one attached hydrogen (secondary N) is 2. The maximum atomic E-state index is 12.3. The van der Waals surface area contributed by atoms with Gasteiger partial charge in [-0.15, -0.1) is 11.3 Å². The molecule has 3 aromatic rings.